The highest BCUT2D eigenvalue weighted by atomic mass is 16.5. The van der Waals surface area contributed by atoms with Crippen LogP contribution < -0.4 is 14.2 Å². The number of likely N-dealkylation sites (N-methyl/N-ethyl adjacent to an activating group) is 1. The molecule has 0 unspecified atom stereocenters. The van der Waals surface area contributed by atoms with Crippen LogP contribution in [0.1, 0.15) is 5.56 Å². The number of benzene rings is 2. The van der Waals surface area contributed by atoms with Gasteiger partial charge in [0.05, 0.1) is 13.7 Å². The van der Waals surface area contributed by atoms with E-state index in [1.165, 1.54) is 0 Å². The second-order valence-electron chi connectivity index (χ2n) is 5.39. The van der Waals surface area contributed by atoms with Gasteiger partial charge in [0, 0.05) is 7.05 Å². The van der Waals surface area contributed by atoms with Crippen molar-refractivity contribution in [3.05, 3.63) is 54.1 Å². The van der Waals surface area contributed by atoms with Crippen LogP contribution in [0, 0.1) is 6.92 Å². The van der Waals surface area contributed by atoms with Gasteiger partial charge in [0.1, 0.15) is 23.9 Å². The van der Waals surface area contributed by atoms with Crippen LogP contribution in [0.15, 0.2) is 48.5 Å². The highest BCUT2D eigenvalue weighted by Crippen LogP contribution is 2.17. The highest BCUT2D eigenvalue weighted by molar-refractivity contribution is 5.77. The van der Waals surface area contributed by atoms with Crippen molar-refractivity contribution in [1.82, 2.24) is 4.90 Å². The van der Waals surface area contributed by atoms with Gasteiger partial charge < -0.3 is 19.1 Å². The van der Waals surface area contributed by atoms with E-state index >= 15 is 0 Å². The van der Waals surface area contributed by atoms with Crippen LogP contribution in [-0.4, -0.2) is 44.7 Å². The molecule has 24 heavy (non-hydrogen) atoms. The summed E-state index contributed by atoms with van der Waals surface area (Å²) in [5.74, 6) is 2.17. The van der Waals surface area contributed by atoms with Gasteiger partial charge in [0.25, 0.3) is 5.91 Å². The number of hydrogen-bond acceptors (Lipinski definition) is 4. The van der Waals surface area contributed by atoms with Crippen LogP contribution >= 0.6 is 0 Å². The average Bonchev–Trinajstić information content (AvgIpc) is 2.61. The summed E-state index contributed by atoms with van der Waals surface area (Å²) in [6.07, 6.45) is 0. The lowest BCUT2D eigenvalue weighted by molar-refractivity contribution is -0.132. The quantitative estimate of drug-likeness (QED) is 0.747. The number of carbonyl (C=O) groups excluding carboxylic acids is 1. The molecule has 2 rings (SSSR count). The Balaban J connectivity index is 1.72. The minimum atomic E-state index is -0.0865. The molecule has 5 heteroatoms. The third-order valence-corrected chi connectivity index (χ3v) is 3.63. The molecule has 0 fully saturated rings. The Hall–Kier alpha value is -2.69. The van der Waals surface area contributed by atoms with Crippen molar-refractivity contribution in [2.45, 2.75) is 6.92 Å². The Labute approximate surface area is 142 Å². The number of ether oxygens (including phenoxy) is 3. The summed E-state index contributed by atoms with van der Waals surface area (Å²) in [5, 5.41) is 0. The molecule has 0 bridgehead atoms. The van der Waals surface area contributed by atoms with Gasteiger partial charge >= 0.3 is 0 Å². The van der Waals surface area contributed by atoms with E-state index in [1.54, 1.807) is 19.1 Å². The molecule has 0 spiro atoms. The molecule has 0 N–H and O–H groups in total. The third kappa shape index (κ3) is 5.19. The van der Waals surface area contributed by atoms with Crippen molar-refractivity contribution >= 4 is 5.91 Å². The number of para-hydroxylation sites is 1. The summed E-state index contributed by atoms with van der Waals surface area (Å²) in [6.45, 7) is 2.87. The summed E-state index contributed by atoms with van der Waals surface area (Å²) >= 11 is 0. The molecule has 0 aromatic heterocycles. The summed E-state index contributed by atoms with van der Waals surface area (Å²) in [5.41, 5.74) is 1.01. The average molecular weight is 329 g/mol. The first kappa shape index (κ1) is 17.7. The smallest absolute Gasteiger partial charge is 0.260 e. The molecular formula is C19H23NO4. The maximum Gasteiger partial charge on any atom is 0.260 e. The Bertz CT molecular complexity index is 655. The van der Waals surface area contributed by atoms with E-state index in [-0.39, 0.29) is 12.5 Å². The molecule has 0 saturated carbocycles. The monoisotopic (exact) mass is 329 g/mol. The molecule has 2 aromatic rings. The van der Waals surface area contributed by atoms with Gasteiger partial charge in [-0.25, -0.2) is 0 Å². The van der Waals surface area contributed by atoms with Gasteiger partial charge in [0.15, 0.2) is 6.61 Å². The van der Waals surface area contributed by atoms with Crippen LogP contribution in [-0.2, 0) is 4.79 Å². The molecule has 0 aliphatic rings. The zero-order valence-electron chi connectivity index (χ0n) is 14.3. The van der Waals surface area contributed by atoms with E-state index in [2.05, 4.69) is 0 Å². The fourth-order valence-electron chi connectivity index (χ4n) is 2.07. The highest BCUT2D eigenvalue weighted by Gasteiger charge is 2.10. The van der Waals surface area contributed by atoms with Crippen LogP contribution in [0.2, 0.25) is 0 Å². The minimum absolute atomic E-state index is 0.0177. The predicted octanol–water partition coefficient (Wildman–Crippen LogP) is 2.92. The zero-order valence-corrected chi connectivity index (χ0v) is 14.3. The topological polar surface area (TPSA) is 48.0 Å². The Kier molecular flexibility index (Phi) is 6.49. The third-order valence-electron chi connectivity index (χ3n) is 3.63. The van der Waals surface area contributed by atoms with Crippen LogP contribution in [0.25, 0.3) is 0 Å². The molecule has 0 aliphatic carbocycles. The van der Waals surface area contributed by atoms with Crippen molar-refractivity contribution < 1.29 is 19.0 Å². The molecule has 1 amide bonds. The van der Waals surface area contributed by atoms with E-state index < -0.39 is 0 Å². The normalized spacial score (nSPS) is 10.1. The van der Waals surface area contributed by atoms with Crippen LogP contribution in [0.5, 0.6) is 17.2 Å². The lowest BCUT2D eigenvalue weighted by Crippen LogP contribution is -2.34. The fraction of sp³-hybridized carbons (Fsp3) is 0.316. The summed E-state index contributed by atoms with van der Waals surface area (Å²) < 4.78 is 16.3. The number of amides is 1. The molecule has 0 atom stereocenters. The molecule has 0 heterocycles. The van der Waals surface area contributed by atoms with Crippen molar-refractivity contribution in [1.29, 1.82) is 0 Å². The van der Waals surface area contributed by atoms with E-state index in [9.17, 15) is 4.79 Å². The number of nitrogens with zero attached hydrogens (tertiary/aromatic N) is 1. The van der Waals surface area contributed by atoms with E-state index in [0.29, 0.717) is 13.2 Å². The van der Waals surface area contributed by atoms with Crippen LogP contribution in [0.4, 0.5) is 0 Å². The fourth-order valence-corrected chi connectivity index (χ4v) is 2.07. The second kappa shape index (κ2) is 8.82. The minimum Gasteiger partial charge on any atom is -0.497 e. The number of hydrogen-bond donors (Lipinski definition) is 0. The first-order chi connectivity index (χ1) is 11.6. The Morgan fingerprint density at radius 1 is 1.00 bits per heavy atom. The van der Waals surface area contributed by atoms with E-state index in [4.69, 9.17) is 14.2 Å². The standard InChI is InChI=1S/C19H23NO4/c1-15-6-4-5-7-18(15)24-14-19(21)20(2)12-13-23-17-10-8-16(22-3)9-11-17/h4-11H,12-14H2,1-3H3. The van der Waals surface area contributed by atoms with Crippen LogP contribution in [0.3, 0.4) is 0 Å². The van der Waals surface area contributed by atoms with Crippen molar-refractivity contribution in [3.8, 4) is 17.2 Å². The van der Waals surface area contributed by atoms with Crippen molar-refractivity contribution in [2.24, 2.45) is 0 Å². The SMILES string of the molecule is COc1ccc(OCCN(C)C(=O)COc2ccccc2C)cc1. The van der Waals surface area contributed by atoms with Gasteiger partial charge in [-0.1, -0.05) is 18.2 Å². The Morgan fingerprint density at radius 3 is 2.33 bits per heavy atom. The number of aryl methyl sites for hydroxylation is 1. The van der Waals surface area contributed by atoms with Gasteiger partial charge in [-0.15, -0.1) is 0 Å². The lowest BCUT2D eigenvalue weighted by Gasteiger charge is -2.18. The Morgan fingerprint density at radius 2 is 1.67 bits per heavy atom. The first-order valence-electron chi connectivity index (χ1n) is 7.79. The van der Waals surface area contributed by atoms with Gasteiger partial charge in [-0.2, -0.15) is 0 Å². The molecular weight excluding hydrogens is 306 g/mol. The molecule has 0 aliphatic heterocycles. The number of carbonyl (C=O) groups is 1. The van der Waals surface area contributed by atoms with Gasteiger partial charge in [-0.3, -0.25) is 4.79 Å². The van der Waals surface area contributed by atoms with Gasteiger partial charge in [-0.05, 0) is 42.8 Å². The largest absolute Gasteiger partial charge is 0.497 e. The summed E-state index contributed by atoms with van der Waals surface area (Å²) in [6, 6.07) is 15.0. The summed E-state index contributed by atoms with van der Waals surface area (Å²) in [7, 11) is 3.36. The summed E-state index contributed by atoms with van der Waals surface area (Å²) in [4.78, 5) is 13.7. The first-order valence-corrected chi connectivity index (χ1v) is 7.79. The molecule has 2 aromatic carbocycles. The van der Waals surface area contributed by atoms with Gasteiger partial charge in [0.2, 0.25) is 0 Å². The molecule has 0 saturated heterocycles. The second-order valence-corrected chi connectivity index (χ2v) is 5.39. The van der Waals surface area contributed by atoms with Crippen molar-refractivity contribution in [2.75, 3.05) is 33.9 Å². The van der Waals surface area contributed by atoms with E-state index in [0.717, 1.165) is 22.8 Å². The zero-order chi connectivity index (χ0) is 17.4. The molecule has 128 valence electrons. The van der Waals surface area contributed by atoms with Crippen molar-refractivity contribution in [3.63, 3.8) is 0 Å². The lowest BCUT2D eigenvalue weighted by atomic mass is 10.2. The number of methoxy groups -OCH3 is 1. The molecule has 0 radical (unpaired) electrons. The maximum atomic E-state index is 12.1. The number of rotatable bonds is 8. The molecule has 5 nitrogen and oxygen atoms in total. The predicted molar refractivity (Wildman–Crippen MR) is 92.8 cm³/mol. The maximum absolute atomic E-state index is 12.1. The van der Waals surface area contributed by atoms with E-state index in [1.807, 2.05) is 55.5 Å².